The van der Waals surface area contributed by atoms with E-state index in [1.807, 2.05) is 30.0 Å². The van der Waals surface area contributed by atoms with E-state index in [0.29, 0.717) is 5.25 Å². The summed E-state index contributed by atoms with van der Waals surface area (Å²) in [5.74, 6) is 0. The number of hydrogen-bond acceptors (Lipinski definition) is 4. The molecule has 1 saturated heterocycles. The highest BCUT2D eigenvalue weighted by Crippen LogP contribution is 2.32. The first-order valence-corrected chi connectivity index (χ1v) is 6.53. The molecule has 1 N–H and O–H groups in total. The molecule has 0 spiro atoms. The SMILES string of the molecule is c1ccc2c(SC3CCCNC3)onc2c1. The van der Waals surface area contributed by atoms with Crippen LogP contribution in [0.15, 0.2) is 33.9 Å². The molecule has 84 valence electrons. The first kappa shape index (κ1) is 10.2. The minimum absolute atomic E-state index is 0.616. The average molecular weight is 234 g/mol. The fourth-order valence-corrected chi connectivity index (χ4v) is 3.19. The topological polar surface area (TPSA) is 38.1 Å². The molecule has 16 heavy (non-hydrogen) atoms. The number of piperidine rings is 1. The molecule has 0 bridgehead atoms. The summed E-state index contributed by atoms with van der Waals surface area (Å²) in [5.41, 5.74) is 0.953. The van der Waals surface area contributed by atoms with Crippen LogP contribution in [-0.2, 0) is 0 Å². The van der Waals surface area contributed by atoms with Crippen LogP contribution in [0.25, 0.3) is 10.9 Å². The molecular weight excluding hydrogens is 220 g/mol. The van der Waals surface area contributed by atoms with E-state index >= 15 is 0 Å². The van der Waals surface area contributed by atoms with E-state index in [2.05, 4.69) is 16.5 Å². The van der Waals surface area contributed by atoms with Gasteiger partial charge in [-0.2, -0.15) is 0 Å². The lowest BCUT2D eigenvalue weighted by Crippen LogP contribution is -2.31. The largest absolute Gasteiger partial charge is 0.349 e. The maximum absolute atomic E-state index is 5.40. The number of rotatable bonds is 2. The van der Waals surface area contributed by atoms with Gasteiger partial charge in [0, 0.05) is 11.8 Å². The van der Waals surface area contributed by atoms with Crippen molar-refractivity contribution in [3.63, 3.8) is 0 Å². The maximum atomic E-state index is 5.40. The smallest absolute Gasteiger partial charge is 0.201 e. The molecule has 3 nitrogen and oxygen atoms in total. The number of aromatic nitrogens is 1. The van der Waals surface area contributed by atoms with Crippen molar-refractivity contribution < 1.29 is 4.52 Å². The van der Waals surface area contributed by atoms with E-state index in [1.54, 1.807) is 0 Å². The second-order valence-corrected chi connectivity index (χ2v) is 5.35. The third kappa shape index (κ3) is 1.95. The van der Waals surface area contributed by atoms with Crippen molar-refractivity contribution >= 4 is 22.7 Å². The van der Waals surface area contributed by atoms with E-state index in [0.717, 1.165) is 29.1 Å². The molecule has 1 unspecified atom stereocenters. The van der Waals surface area contributed by atoms with Crippen molar-refractivity contribution in [2.24, 2.45) is 0 Å². The van der Waals surface area contributed by atoms with Crippen LogP contribution in [0.4, 0.5) is 0 Å². The summed E-state index contributed by atoms with van der Waals surface area (Å²) in [6.07, 6.45) is 2.51. The zero-order valence-electron chi connectivity index (χ0n) is 8.98. The number of benzene rings is 1. The zero-order valence-corrected chi connectivity index (χ0v) is 9.80. The Labute approximate surface area is 98.6 Å². The lowest BCUT2D eigenvalue weighted by Gasteiger charge is -2.20. The van der Waals surface area contributed by atoms with E-state index in [1.165, 1.54) is 12.8 Å². The van der Waals surface area contributed by atoms with Crippen LogP contribution < -0.4 is 5.32 Å². The molecule has 1 aromatic heterocycles. The van der Waals surface area contributed by atoms with Crippen molar-refractivity contribution in [1.82, 2.24) is 10.5 Å². The summed E-state index contributed by atoms with van der Waals surface area (Å²) in [4.78, 5) is 0. The number of nitrogens with zero attached hydrogens (tertiary/aromatic N) is 1. The van der Waals surface area contributed by atoms with Crippen molar-refractivity contribution in [3.05, 3.63) is 24.3 Å². The Kier molecular flexibility index (Phi) is 2.84. The fraction of sp³-hybridized carbons (Fsp3) is 0.417. The monoisotopic (exact) mass is 234 g/mol. The fourth-order valence-electron chi connectivity index (χ4n) is 2.02. The van der Waals surface area contributed by atoms with Crippen molar-refractivity contribution in [2.75, 3.05) is 13.1 Å². The van der Waals surface area contributed by atoms with E-state index in [9.17, 15) is 0 Å². The lowest BCUT2D eigenvalue weighted by molar-refractivity contribution is 0.356. The Morgan fingerprint density at radius 1 is 1.38 bits per heavy atom. The summed E-state index contributed by atoms with van der Waals surface area (Å²) in [6, 6.07) is 8.08. The molecule has 0 aliphatic carbocycles. The molecule has 1 aliphatic rings. The van der Waals surface area contributed by atoms with E-state index < -0.39 is 0 Å². The number of hydrogen-bond donors (Lipinski definition) is 1. The number of fused-ring (bicyclic) bond motifs is 1. The quantitative estimate of drug-likeness (QED) is 0.867. The minimum atomic E-state index is 0.616. The van der Waals surface area contributed by atoms with Crippen LogP contribution in [-0.4, -0.2) is 23.5 Å². The van der Waals surface area contributed by atoms with Crippen LogP contribution in [0.5, 0.6) is 0 Å². The van der Waals surface area contributed by atoms with Crippen LogP contribution in [0.3, 0.4) is 0 Å². The summed E-state index contributed by atoms with van der Waals surface area (Å²) in [5, 5.41) is 10.2. The van der Waals surface area contributed by atoms with Crippen LogP contribution in [0, 0.1) is 0 Å². The van der Waals surface area contributed by atoms with Gasteiger partial charge in [0.1, 0.15) is 5.52 Å². The van der Waals surface area contributed by atoms with Gasteiger partial charge in [-0.05, 0) is 31.5 Å². The van der Waals surface area contributed by atoms with Gasteiger partial charge in [0.05, 0.1) is 5.39 Å². The van der Waals surface area contributed by atoms with Gasteiger partial charge in [0.15, 0.2) is 0 Å². The van der Waals surface area contributed by atoms with Crippen molar-refractivity contribution in [1.29, 1.82) is 0 Å². The summed E-state index contributed by atoms with van der Waals surface area (Å²) in [6.45, 7) is 2.22. The average Bonchev–Trinajstić information content (AvgIpc) is 2.74. The molecule has 0 saturated carbocycles. The molecule has 2 aromatic rings. The van der Waals surface area contributed by atoms with Crippen molar-refractivity contribution in [2.45, 2.75) is 23.2 Å². The lowest BCUT2D eigenvalue weighted by atomic mass is 10.2. The molecule has 1 atom stereocenters. The van der Waals surface area contributed by atoms with Crippen LogP contribution in [0.2, 0.25) is 0 Å². The van der Waals surface area contributed by atoms with Gasteiger partial charge in [-0.15, -0.1) is 0 Å². The zero-order chi connectivity index (χ0) is 10.8. The van der Waals surface area contributed by atoms with Gasteiger partial charge >= 0.3 is 0 Å². The molecule has 1 aliphatic heterocycles. The molecule has 0 amide bonds. The van der Waals surface area contributed by atoms with Gasteiger partial charge in [0.2, 0.25) is 5.09 Å². The third-order valence-corrected chi connectivity index (χ3v) is 4.12. The van der Waals surface area contributed by atoms with Gasteiger partial charge in [-0.25, -0.2) is 0 Å². The van der Waals surface area contributed by atoms with Crippen molar-refractivity contribution in [3.8, 4) is 0 Å². The standard InChI is InChI=1S/C12H14N2OS/c1-2-6-11-10(5-1)12(15-14-11)16-9-4-3-7-13-8-9/h1-2,5-6,9,13H,3-4,7-8H2. The van der Waals surface area contributed by atoms with Gasteiger partial charge in [0.25, 0.3) is 0 Å². The summed E-state index contributed by atoms with van der Waals surface area (Å²) < 4.78 is 5.40. The number of thioether (sulfide) groups is 1. The molecule has 2 heterocycles. The maximum Gasteiger partial charge on any atom is 0.201 e. The molecule has 0 radical (unpaired) electrons. The Bertz CT molecular complexity index is 477. The third-order valence-electron chi connectivity index (χ3n) is 2.88. The molecule has 1 fully saturated rings. The molecule has 3 rings (SSSR count). The highest BCUT2D eigenvalue weighted by atomic mass is 32.2. The van der Waals surface area contributed by atoms with Crippen LogP contribution >= 0.6 is 11.8 Å². The minimum Gasteiger partial charge on any atom is -0.349 e. The Morgan fingerprint density at radius 2 is 2.31 bits per heavy atom. The molecule has 4 heteroatoms. The van der Waals surface area contributed by atoms with E-state index in [-0.39, 0.29) is 0 Å². The van der Waals surface area contributed by atoms with Gasteiger partial charge in [-0.1, -0.05) is 29.1 Å². The molecular formula is C12H14N2OS. The Morgan fingerprint density at radius 3 is 3.19 bits per heavy atom. The van der Waals surface area contributed by atoms with Gasteiger partial charge in [-0.3, -0.25) is 0 Å². The second-order valence-electron chi connectivity index (χ2n) is 4.07. The Balaban J connectivity index is 1.83. The van der Waals surface area contributed by atoms with Gasteiger partial charge < -0.3 is 9.84 Å². The normalized spacial score (nSPS) is 21.4. The predicted molar refractivity (Wildman–Crippen MR) is 65.8 cm³/mol. The van der Waals surface area contributed by atoms with E-state index in [4.69, 9.17) is 4.52 Å². The first-order chi connectivity index (χ1) is 7.93. The highest BCUT2D eigenvalue weighted by Gasteiger charge is 2.18. The summed E-state index contributed by atoms with van der Waals surface area (Å²) >= 11 is 1.81. The van der Waals surface area contributed by atoms with Crippen LogP contribution in [0.1, 0.15) is 12.8 Å². The Hall–Kier alpha value is -1.00. The highest BCUT2D eigenvalue weighted by molar-refractivity contribution is 8.00. The number of nitrogens with one attached hydrogen (secondary N) is 1. The predicted octanol–water partition coefficient (Wildman–Crippen LogP) is 2.67. The molecule has 1 aromatic carbocycles. The summed E-state index contributed by atoms with van der Waals surface area (Å²) in [7, 11) is 0. The second kappa shape index (κ2) is 4.47. The first-order valence-electron chi connectivity index (χ1n) is 5.65.